The Morgan fingerprint density at radius 1 is 1.41 bits per heavy atom. The minimum atomic E-state index is -0.408. The van der Waals surface area contributed by atoms with Crippen molar-refractivity contribution in [1.29, 1.82) is 0 Å². The summed E-state index contributed by atoms with van der Waals surface area (Å²) < 4.78 is 9.81. The molecule has 0 saturated carbocycles. The highest BCUT2D eigenvalue weighted by atomic mass is 32.1. The molecule has 92 valence electrons. The summed E-state index contributed by atoms with van der Waals surface area (Å²) in [6.07, 6.45) is 0.702. The second kappa shape index (κ2) is 6.20. The van der Waals surface area contributed by atoms with Crippen molar-refractivity contribution in [2.45, 2.75) is 13.3 Å². The topological polar surface area (TPSA) is 47.6 Å². The molecule has 0 unspecified atom stereocenters. The standard InChI is InChI=1S/C12H15NO3S/c1-4-11(17)13-10-7-8(15-2)5-6-9(10)12(14)16-3/h5-7H,4H2,1-3H3,(H,13,17). The van der Waals surface area contributed by atoms with Crippen molar-refractivity contribution >= 4 is 28.9 Å². The lowest BCUT2D eigenvalue weighted by Gasteiger charge is -2.12. The second-order valence-electron chi connectivity index (χ2n) is 3.30. The Morgan fingerprint density at radius 3 is 2.65 bits per heavy atom. The van der Waals surface area contributed by atoms with E-state index in [-0.39, 0.29) is 0 Å². The van der Waals surface area contributed by atoms with Crippen molar-refractivity contribution in [3.63, 3.8) is 0 Å². The highest BCUT2D eigenvalue weighted by Gasteiger charge is 2.13. The van der Waals surface area contributed by atoms with E-state index >= 15 is 0 Å². The van der Waals surface area contributed by atoms with Crippen LogP contribution < -0.4 is 10.1 Å². The number of thiocarbonyl (C=S) groups is 1. The number of methoxy groups -OCH3 is 2. The summed E-state index contributed by atoms with van der Waals surface area (Å²) in [6.45, 7) is 1.94. The molecule has 0 spiro atoms. The molecule has 1 aromatic carbocycles. The van der Waals surface area contributed by atoms with Crippen molar-refractivity contribution in [2.24, 2.45) is 0 Å². The lowest BCUT2D eigenvalue weighted by Crippen LogP contribution is -2.12. The number of hydrogen-bond acceptors (Lipinski definition) is 4. The van der Waals surface area contributed by atoms with Crippen LogP contribution in [0.15, 0.2) is 18.2 Å². The Labute approximate surface area is 106 Å². The summed E-state index contributed by atoms with van der Waals surface area (Å²) in [5.41, 5.74) is 1.03. The van der Waals surface area contributed by atoms with Crippen molar-refractivity contribution in [3.05, 3.63) is 23.8 Å². The fraction of sp³-hybridized carbons (Fsp3) is 0.333. The van der Waals surface area contributed by atoms with Crippen molar-refractivity contribution in [3.8, 4) is 5.75 Å². The first-order chi connectivity index (χ1) is 8.12. The van der Waals surface area contributed by atoms with Gasteiger partial charge in [-0.15, -0.1) is 0 Å². The third-order valence-corrected chi connectivity index (χ3v) is 2.62. The van der Waals surface area contributed by atoms with Crippen LogP contribution in [0.25, 0.3) is 0 Å². The first-order valence-corrected chi connectivity index (χ1v) is 5.59. The van der Waals surface area contributed by atoms with Gasteiger partial charge in [-0.1, -0.05) is 19.1 Å². The maximum absolute atomic E-state index is 11.6. The summed E-state index contributed by atoms with van der Waals surface area (Å²) >= 11 is 5.10. The van der Waals surface area contributed by atoms with Crippen LogP contribution in [0.1, 0.15) is 23.7 Å². The lowest BCUT2D eigenvalue weighted by molar-refractivity contribution is 0.0602. The predicted molar refractivity (Wildman–Crippen MR) is 70.8 cm³/mol. The zero-order valence-electron chi connectivity index (χ0n) is 10.1. The predicted octanol–water partition coefficient (Wildman–Crippen LogP) is 2.63. The SMILES string of the molecule is CCC(=S)Nc1cc(OC)ccc1C(=O)OC. The second-order valence-corrected chi connectivity index (χ2v) is 3.80. The third-order valence-electron chi connectivity index (χ3n) is 2.23. The molecule has 4 nitrogen and oxygen atoms in total. The molecule has 0 aromatic heterocycles. The Balaban J connectivity index is 3.11. The van der Waals surface area contributed by atoms with Gasteiger partial charge in [0.15, 0.2) is 0 Å². The van der Waals surface area contributed by atoms with Gasteiger partial charge in [0.05, 0.1) is 30.5 Å². The van der Waals surface area contributed by atoms with Crippen LogP contribution in [-0.2, 0) is 4.74 Å². The molecule has 1 aromatic rings. The van der Waals surface area contributed by atoms with Gasteiger partial charge >= 0.3 is 5.97 Å². The molecule has 5 heteroatoms. The number of ether oxygens (including phenoxy) is 2. The molecule has 1 rings (SSSR count). The Kier molecular flexibility index (Phi) is 4.90. The molecule has 0 saturated heterocycles. The summed E-state index contributed by atoms with van der Waals surface area (Å²) in [5, 5.41) is 3.00. The number of rotatable bonds is 4. The van der Waals surface area contributed by atoms with Crippen LogP contribution in [-0.4, -0.2) is 25.2 Å². The van der Waals surface area contributed by atoms with Gasteiger partial charge in [-0.3, -0.25) is 0 Å². The number of hydrogen-bond donors (Lipinski definition) is 1. The summed E-state index contributed by atoms with van der Waals surface area (Å²) in [6, 6.07) is 5.06. The van der Waals surface area contributed by atoms with E-state index in [4.69, 9.17) is 21.7 Å². The quantitative estimate of drug-likeness (QED) is 0.660. The van der Waals surface area contributed by atoms with Crippen LogP contribution in [0.3, 0.4) is 0 Å². The van der Waals surface area contributed by atoms with Gasteiger partial charge in [0, 0.05) is 6.07 Å². The molecule has 0 aliphatic rings. The van der Waals surface area contributed by atoms with Crippen LogP contribution >= 0.6 is 12.2 Å². The van der Waals surface area contributed by atoms with Gasteiger partial charge in [0.2, 0.25) is 0 Å². The van der Waals surface area contributed by atoms with Gasteiger partial charge in [-0.25, -0.2) is 4.79 Å². The maximum Gasteiger partial charge on any atom is 0.339 e. The summed E-state index contributed by atoms with van der Waals surface area (Å²) in [5.74, 6) is 0.244. The van der Waals surface area contributed by atoms with Gasteiger partial charge in [0.25, 0.3) is 0 Å². The maximum atomic E-state index is 11.6. The average molecular weight is 253 g/mol. The Morgan fingerprint density at radius 2 is 2.12 bits per heavy atom. The highest BCUT2D eigenvalue weighted by molar-refractivity contribution is 7.80. The van der Waals surface area contributed by atoms with Crippen LogP contribution in [0.5, 0.6) is 5.75 Å². The largest absolute Gasteiger partial charge is 0.497 e. The van der Waals surface area contributed by atoms with E-state index in [1.165, 1.54) is 7.11 Å². The van der Waals surface area contributed by atoms with Crippen LogP contribution in [0.4, 0.5) is 5.69 Å². The summed E-state index contributed by atoms with van der Waals surface area (Å²) in [7, 11) is 2.91. The molecule has 0 atom stereocenters. The number of carbonyl (C=O) groups is 1. The van der Waals surface area contributed by atoms with Crippen LogP contribution in [0, 0.1) is 0 Å². The van der Waals surface area contributed by atoms with Crippen molar-refractivity contribution in [1.82, 2.24) is 0 Å². The number of benzene rings is 1. The molecular formula is C12H15NO3S. The van der Waals surface area contributed by atoms with Gasteiger partial charge < -0.3 is 14.8 Å². The highest BCUT2D eigenvalue weighted by Crippen LogP contribution is 2.23. The van der Waals surface area contributed by atoms with E-state index in [9.17, 15) is 4.79 Å². The molecule has 0 aliphatic heterocycles. The van der Waals surface area contributed by atoms with Gasteiger partial charge in [0.1, 0.15) is 5.75 Å². The number of nitrogens with one attached hydrogen (secondary N) is 1. The molecule has 0 amide bonds. The first-order valence-electron chi connectivity index (χ1n) is 5.18. The van der Waals surface area contributed by atoms with E-state index in [1.54, 1.807) is 25.3 Å². The number of esters is 1. The fourth-order valence-corrected chi connectivity index (χ4v) is 1.39. The van der Waals surface area contributed by atoms with Gasteiger partial charge in [-0.2, -0.15) is 0 Å². The minimum absolute atomic E-state index is 0.408. The van der Waals surface area contributed by atoms with Crippen molar-refractivity contribution < 1.29 is 14.3 Å². The zero-order chi connectivity index (χ0) is 12.8. The molecule has 0 bridgehead atoms. The normalized spacial score (nSPS) is 9.59. The van der Waals surface area contributed by atoms with E-state index in [0.717, 1.165) is 0 Å². The zero-order valence-corrected chi connectivity index (χ0v) is 10.9. The smallest absolute Gasteiger partial charge is 0.339 e. The lowest BCUT2D eigenvalue weighted by atomic mass is 10.1. The molecule has 17 heavy (non-hydrogen) atoms. The van der Waals surface area contributed by atoms with Crippen LogP contribution in [0.2, 0.25) is 0 Å². The third kappa shape index (κ3) is 3.42. The Bertz CT molecular complexity index is 432. The molecule has 0 fully saturated rings. The van der Waals surface area contributed by atoms with E-state index in [2.05, 4.69) is 5.32 Å². The number of anilines is 1. The Hall–Kier alpha value is -1.62. The summed E-state index contributed by atoms with van der Waals surface area (Å²) in [4.78, 5) is 12.2. The van der Waals surface area contributed by atoms with E-state index in [1.807, 2.05) is 6.92 Å². The number of carbonyl (C=O) groups excluding carboxylic acids is 1. The average Bonchev–Trinajstić information content (AvgIpc) is 2.37. The molecule has 0 aliphatic carbocycles. The molecule has 0 radical (unpaired) electrons. The van der Waals surface area contributed by atoms with E-state index in [0.29, 0.717) is 28.4 Å². The first kappa shape index (κ1) is 13.4. The monoisotopic (exact) mass is 253 g/mol. The minimum Gasteiger partial charge on any atom is -0.497 e. The van der Waals surface area contributed by atoms with Gasteiger partial charge in [-0.05, 0) is 18.6 Å². The van der Waals surface area contributed by atoms with E-state index < -0.39 is 5.97 Å². The molecular weight excluding hydrogens is 238 g/mol. The molecule has 1 N–H and O–H groups in total. The van der Waals surface area contributed by atoms with Crippen molar-refractivity contribution in [2.75, 3.05) is 19.5 Å². The fourth-order valence-electron chi connectivity index (χ4n) is 1.28. The molecule has 0 heterocycles.